The lowest BCUT2D eigenvalue weighted by Gasteiger charge is -2.32. The van der Waals surface area contributed by atoms with Crippen LogP contribution in [0.25, 0.3) is 0 Å². The number of nitrogens with one attached hydrogen (secondary N) is 1. The molecular formula is C24H27Br2N3O4S. The van der Waals surface area contributed by atoms with Crippen molar-refractivity contribution >= 4 is 65.1 Å². The molecule has 2 aliphatic heterocycles. The van der Waals surface area contributed by atoms with Crippen LogP contribution in [0.1, 0.15) is 37.3 Å². The molecule has 2 aromatic rings. The van der Waals surface area contributed by atoms with Gasteiger partial charge in [0.25, 0.3) is 0 Å². The van der Waals surface area contributed by atoms with Gasteiger partial charge in [-0.3, -0.25) is 9.59 Å². The molecule has 10 heteroatoms. The topological polar surface area (TPSA) is 86.8 Å². The fraction of sp³-hybridized carbons (Fsp3) is 0.417. The van der Waals surface area contributed by atoms with E-state index in [1.165, 1.54) is 4.31 Å². The van der Waals surface area contributed by atoms with Gasteiger partial charge in [0.1, 0.15) is 0 Å². The normalized spacial score (nSPS) is 18.6. The van der Waals surface area contributed by atoms with E-state index >= 15 is 0 Å². The first-order valence-corrected chi connectivity index (χ1v) is 14.3. The van der Waals surface area contributed by atoms with Crippen molar-refractivity contribution in [3.8, 4) is 0 Å². The zero-order chi connectivity index (χ0) is 24.6. The maximum absolute atomic E-state index is 13.6. The van der Waals surface area contributed by atoms with Crippen molar-refractivity contribution in [1.29, 1.82) is 0 Å². The van der Waals surface area contributed by atoms with Gasteiger partial charge in [-0.15, -0.1) is 0 Å². The Kier molecular flexibility index (Phi) is 7.52. The molecule has 182 valence electrons. The van der Waals surface area contributed by atoms with E-state index in [4.69, 9.17) is 0 Å². The minimum atomic E-state index is -3.86. The molecule has 1 saturated heterocycles. The summed E-state index contributed by atoms with van der Waals surface area (Å²) in [5.41, 5.74) is 3.26. The number of benzene rings is 2. The molecule has 7 nitrogen and oxygen atoms in total. The van der Waals surface area contributed by atoms with E-state index in [0.717, 1.165) is 21.3 Å². The molecule has 1 atom stereocenters. The number of hydrogen-bond acceptors (Lipinski definition) is 4. The Morgan fingerprint density at radius 2 is 1.91 bits per heavy atom. The Hall–Kier alpha value is -1.75. The number of rotatable bonds is 5. The summed E-state index contributed by atoms with van der Waals surface area (Å²) in [4.78, 5) is 27.1. The first-order valence-electron chi connectivity index (χ1n) is 11.3. The number of carbonyl (C=O) groups is 2. The van der Waals surface area contributed by atoms with Crippen molar-refractivity contribution in [2.24, 2.45) is 5.92 Å². The second-order valence-electron chi connectivity index (χ2n) is 8.71. The second kappa shape index (κ2) is 10.1. The summed E-state index contributed by atoms with van der Waals surface area (Å²) in [5, 5.41) is 2.95. The molecular weight excluding hydrogens is 586 g/mol. The molecule has 0 aromatic heterocycles. The third kappa shape index (κ3) is 4.96. The van der Waals surface area contributed by atoms with Gasteiger partial charge in [-0.05, 0) is 83.6 Å². The van der Waals surface area contributed by atoms with Crippen LogP contribution in [0.15, 0.2) is 44.2 Å². The van der Waals surface area contributed by atoms with E-state index < -0.39 is 15.9 Å². The van der Waals surface area contributed by atoms with E-state index in [0.29, 0.717) is 48.9 Å². The zero-order valence-electron chi connectivity index (χ0n) is 19.1. The molecule has 2 amide bonds. The zero-order valence-corrected chi connectivity index (χ0v) is 23.1. The number of aryl methyl sites for hydroxylation is 1. The number of nitrogens with zero attached hydrogens (tertiary/aromatic N) is 2. The average Bonchev–Trinajstić information content (AvgIpc) is 3.22. The Balaban J connectivity index is 1.56. The maximum Gasteiger partial charge on any atom is 0.244 e. The second-order valence-corrected chi connectivity index (χ2v) is 12.4. The predicted molar refractivity (Wildman–Crippen MR) is 139 cm³/mol. The van der Waals surface area contributed by atoms with Crippen molar-refractivity contribution < 1.29 is 18.0 Å². The molecule has 1 fully saturated rings. The van der Waals surface area contributed by atoms with Gasteiger partial charge < -0.3 is 10.2 Å². The standard InChI is InChI=1S/C24H27Br2N3O4S/c1-3-23(30)29-10-8-16-12-19(26)22(13-21(16)29)34(32,33)28-9-4-5-17(14-28)24(31)27-20-7-6-18(25)11-15(20)2/h6-7,11-13,17H,3-5,8-10,14H2,1-2H3,(H,27,31)/t17-/m1/s1. The Bertz CT molecular complexity index is 1250. The van der Waals surface area contributed by atoms with Crippen molar-refractivity contribution in [3.63, 3.8) is 0 Å². The van der Waals surface area contributed by atoms with Crippen molar-refractivity contribution in [2.45, 2.75) is 44.4 Å². The van der Waals surface area contributed by atoms with Gasteiger partial charge >= 0.3 is 0 Å². The summed E-state index contributed by atoms with van der Waals surface area (Å²) < 4.78 is 30.1. The molecule has 0 radical (unpaired) electrons. The fourth-order valence-electron chi connectivity index (χ4n) is 4.55. The average molecular weight is 613 g/mol. The number of carbonyl (C=O) groups excluding carboxylic acids is 2. The molecule has 34 heavy (non-hydrogen) atoms. The van der Waals surface area contributed by atoms with Gasteiger partial charge in [0.2, 0.25) is 21.8 Å². The highest BCUT2D eigenvalue weighted by molar-refractivity contribution is 9.10. The summed E-state index contributed by atoms with van der Waals surface area (Å²) >= 11 is 6.86. The van der Waals surface area contributed by atoms with Gasteiger partial charge in [0.15, 0.2) is 0 Å². The van der Waals surface area contributed by atoms with Crippen molar-refractivity contribution in [2.75, 3.05) is 29.9 Å². The van der Waals surface area contributed by atoms with Crippen LogP contribution in [0.3, 0.4) is 0 Å². The number of amides is 2. The fourth-order valence-corrected chi connectivity index (χ4v) is 7.62. The smallest absolute Gasteiger partial charge is 0.244 e. The van der Waals surface area contributed by atoms with Crippen LogP contribution in [0.4, 0.5) is 11.4 Å². The highest BCUT2D eigenvalue weighted by atomic mass is 79.9. The number of piperidine rings is 1. The molecule has 0 spiro atoms. The van der Waals surface area contributed by atoms with E-state index in [-0.39, 0.29) is 23.3 Å². The van der Waals surface area contributed by atoms with E-state index in [9.17, 15) is 18.0 Å². The predicted octanol–water partition coefficient (Wildman–Crippen LogP) is 4.86. The Labute approximate surface area is 217 Å². The molecule has 0 aliphatic carbocycles. The van der Waals surface area contributed by atoms with Gasteiger partial charge in [0, 0.05) is 46.4 Å². The van der Waals surface area contributed by atoms with Crippen molar-refractivity contribution in [3.05, 3.63) is 50.4 Å². The Morgan fingerprint density at radius 3 is 2.62 bits per heavy atom. The number of sulfonamides is 1. The monoisotopic (exact) mass is 611 g/mol. The van der Waals surface area contributed by atoms with Crippen LogP contribution in [-0.2, 0) is 26.0 Å². The molecule has 2 aliphatic rings. The minimum Gasteiger partial charge on any atom is -0.326 e. The lowest BCUT2D eigenvalue weighted by Crippen LogP contribution is -2.43. The third-order valence-corrected chi connectivity index (χ3v) is 9.77. The molecule has 0 saturated carbocycles. The van der Waals surface area contributed by atoms with Crippen LogP contribution in [0, 0.1) is 12.8 Å². The van der Waals surface area contributed by atoms with Crippen LogP contribution >= 0.6 is 31.9 Å². The van der Waals surface area contributed by atoms with Gasteiger partial charge in [0.05, 0.1) is 10.8 Å². The van der Waals surface area contributed by atoms with Crippen LogP contribution < -0.4 is 10.2 Å². The van der Waals surface area contributed by atoms with E-state index in [2.05, 4.69) is 37.2 Å². The number of fused-ring (bicyclic) bond motifs is 1. The molecule has 4 rings (SSSR count). The van der Waals surface area contributed by atoms with Gasteiger partial charge in [-0.25, -0.2) is 8.42 Å². The van der Waals surface area contributed by atoms with Crippen LogP contribution in [-0.4, -0.2) is 44.2 Å². The van der Waals surface area contributed by atoms with Crippen LogP contribution in [0.2, 0.25) is 0 Å². The highest BCUT2D eigenvalue weighted by Crippen LogP contribution is 2.37. The number of halogens is 2. The summed E-state index contributed by atoms with van der Waals surface area (Å²) in [6.45, 7) is 4.73. The lowest BCUT2D eigenvalue weighted by atomic mass is 9.98. The molecule has 2 heterocycles. The first kappa shape index (κ1) is 25.3. The maximum atomic E-state index is 13.6. The summed E-state index contributed by atoms with van der Waals surface area (Å²) in [6.07, 6.45) is 2.27. The third-order valence-electron chi connectivity index (χ3n) is 6.45. The highest BCUT2D eigenvalue weighted by Gasteiger charge is 2.36. The summed E-state index contributed by atoms with van der Waals surface area (Å²) in [5.74, 6) is -0.654. The molecule has 0 unspecified atom stereocenters. The van der Waals surface area contributed by atoms with Gasteiger partial charge in [-0.1, -0.05) is 22.9 Å². The summed E-state index contributed by atoms with van der Waals surface area (Å²) in [6, 6.07) is 9.02. The first-order chi connectivity index (χ1) is 16.1. The quantitative estimate of drug-likeness (QED) is 0.523. The van der Waals surface area contributed by atoms with E-state index in [1.54, 1.807) is 24.0 Å². The number of anilines is 2. The molecule has 2 aromatic carbocycles. The largest absolute Gasteiger partial charge is 0.326 e. The van der Waals surface area contributed by atoms with Crippen molar-refractivity contribution in [1.82, 2.24) is 4.31 Å². The van der Waals surface area contributed by atoms with Gasteiger partial charge in [-0.2, -0.15) is 4.31 Å². The molecule has 0 bridgehead atoms. The minimum absolute atomic E-state index is 0.0256. The van der Waals surface area contributed by atoms with Crippen LogP contribution in [0.5, 0.6) is 0 Å². The Morgan fingerprint density at radius 1 is 1.15 bits per heavy atom. The SMILES string of the molecule is CCC(=O)N1CCc2cc(Br)c(S(=O)(=O)N3CCC[C@@H](C(=O)Nc4ccc(Br)cc4C)C3)cc21. The lowest BCUT2D eigenvalue weighted by molar-refractivity contribution is -0.121. The summed E-state index contributed by atoms with van der Waals surface area (Å²) in [7, 11) is -3.86. The number of hydrogen-bond donors (Lipinski definition) is 1. The molecule has 1 N–H and O–H groups in total. The van der Waals surface area contributed by atoms with E-state index in [1.807, 2.05) is 25.1 Å².